The molecule has 0 aromatic heterocycles. The van der Waals surface area contributed by atoms with E-state index in [1.807, 2.05) is 20.9 Å². The van der Waals surface area contributed by atoms with Gasteiger partial charge in [-0.25, -0.2) is 4.79 Å². The molecule has 0 unspecified atom stereocenters. The largest absolute Gasteiger partial charge is 0.448 e. The highest BCUT2D eigenvalue weighted by Crippen LogP contribution is 1.96. The van der Waals surface area contributed by atoms with Gasteiger partial charge < -0.3 is 14.5 Å². The minimum Gasteiger partial charge on any atom is -0.448 e. The van der Waals surface area contributed by atoms with Crippen molar-refractivity contribution in [2.24, 2.45) is 0 Å². The normalized spacial score (nSPS) is 10.9. The first-order valence-corrected chi connectivity index (χ1v) is 5.64. The van der Waals surface area contributed by atoms with Gasteiger partial charge in [-0.1, -0.05) is 0 Å². The molecule has 0 atom stereocenters. The molecule has 0 rings (SSSR count). The summed E-state index contributed by atoms with van der Waals surface area (Å²) in [6, 6.07) is 0.483. The van der Waals surface area contributed by atoms with E-state index >= 15 is 0 Å². The SMILES string of the molecule is CCN(CC)C(=O)OCCN(C)C(C)C. The van der Waals surface area contributed by atoms with E-state index in [1.165, 1.54) is 0 Å². The Bertz CT molecular complexity index is 179. The molecular formula is C11H24N2O2. The summed E-state index contributed by atoms with van der Waals surface area (Å²) in [5.74, 6) is 0. The quantitative estimate of drug-likeness (QED) is 0.679. The summed E-state index contributed by atoms with van der Waals surface area (Å²) >= 11 is 0. The van der Waals surface area contributed by atoms with Crippen molar-refractivity contribution in [1.29, 1.82) is 0 Å². The van der Waals surface area contributed by atoms with Crippen molar-refractivity contribution in [1.82, 2.24) is 9.80 Å². The number of rotatable bonds is 6. The monoisotopic (exact) mass is 216 g/mol. The highest BCUT2D eigenvalue weighted by Gasteiger charge is 2.11. The Morgan fingerprint density at radius 3 is 2.20 bits per heavy atom. The van der Waals surface area contributed by atoms with Crippen LogP contribution in [0, 0.1) is 0 Å². The van der Waals surface area contributed by atoms with Crippen LogP contribution in [0.3, 0.4) is 0 Å². The molecule has 1 amide bonds. The second-order valence-electron chi connectivity index (χ2n) is 3.86. The molecule has 0 aliphatic carbocycles. The van der Waals surface area contributed by atoms with E-state index in [9.17, 15) is 4.79 Å². The van der Waals surface area contributed by atoms with E-state index in [1.54, 1.807) is 4.90 Å². The van der Waals surface area contributed by atoms with E-state index < -0.39 is 0 Å². The van der Waals surface area contributed by atoms with Crippen molar-refractivity contribution in [3.63, 3.8) is 0 Å². The van der Waals surface area contributed by atoms with Gasteiger partial charge in [0.2, 0.25) is 0 Å². The Morgan fingerprint density at radius 1 is 1.27 bits per heavy atom. The molecule has 0 fully saturated rings. The van der Waals surface area contributed by atoms with Gasteiger partial charge in [0, 0.05) is 25.7 Å². The number of amides is 1. The van der Waals surface area contributed by atoms with E-state index in [-0.39, 0.29) is 6.09 Å². The number of carbonyl (C=O) groups is 1. The highest BCUT2D eigenvalue weighted by molar-refractivity contribution is 5.67. The molecule has 0 aliphatic heterocycles. The van der Waals surface area contributed by atoms with Gasteiger partial charge in [-0.3, -0.25) is 0 Å². The van der Waals surface area contributed by atoms with Crippen LogP contribution in [0.5, 0.6) is 0 Å². The van der Waals surface area contributed by atoms with Crippen molar-refractivity contribution in [2.45, 2.75) is 33.7 Å². The number of nitrogens with zero attached hydrogens (tertiary/aromatic N) is 2. The van der Waals surface area contributed by atoms with Crippen LogP contribution in [0.4, 0.5) is 4.79 Å². The van der Waals surface area contributed by atoms with Crippen molar-refractivity contribution in [3.05, 3.63) is 0 Å². The molecule has 0 N–H and O–H groups in total. The van der Waals surface area contributed by atoms with Crippen molar-refractivity contribution in [2.75, 3.05) is 33.3 Å². The molecule has 4 nitrogen and oxygen atoms in total. The van der Waals surface area contributed by atoms with Crippen molar-refractivity contribution >= 4 is 6.09 Å². The second kappa shape index (κ2) is 7.51. The van der Waals surface area contributed by atoms with Gasteiger partial charge in [0.1, 0.15) is 6.61 Å². The first kappa shape index (κ1) is 14.2. The van der Waals surface area contributed by atoms with Crippen LogP contribution >= 0.6 is 0 Å². The van der Waals surface area contributed by atoms with Crippen LogP contribution in [-0.4, -0.2) is 55.2 Å². The van der Waals surface area contributed by atoms with Crippen LogP contribution in [0.2, 0.25) is 0 Å². The van der Waals surface area contributed by atoms with Gasteiger partial charge in [-0.2, -0.15) is 0 Å². The fourth-order valence-corrected chi connectivity index (χ4v) is 1.11. The zero-order chi connectivity index (χ0) is 11.8. The Labute approximate surface area is 93.2 Å². The van der Waals surface area contributed by atoms with Crippen LogP contribution in [0.1, 0.15) is 27.7 Å². The van der Waals surface area contributed by atoms with Gasteiger partial charge in [-0.05, 0) is 34.7 Å². The molecule has 90 valence electrons. The number of carbonyl (C=O) groups excluding carboxylic acids is 1. The molecule has 0 bridgehead atoms. The number of ether oxygens (including phenoxy) is 1. The predicted molar refractivity (Wildman–Crippen MR) is 62.0 cm³/mol. The van der Waals surface area contributed by atoms with E-state index in [4.69, 9.17) is 4.74 Å². The number of hydrogen-bond acceptors (Lipinski definition) is 3. The molecular weight excluding hydrogens is 192 g/mol. The summed E-state index contributed by atoms with van der Waals surface area (Å²) in [6.45, 7) is 10.8. The summed E-state index contributed by atoms with van der Waals surface area (Å²) in [6.07, 6.45) is -0.211. The average Bonchev–Trinajstić information content (AvgIpc) is 2.19. The van der Waals surface area contributed by atoms with Crippen molar-refractivity contribution < 1.29 is 9.53 Å². The van der Waals surface area contributed by atoms with Crippen molar-refractivity contribution in [3.8, 4) is 0 Å². The molecule has 0 saturated heterocycles. The third kappa shape index (κ3) is 5.62. The topological polar surface area (TPSA) is 32.8 Å². The fraction of sp³-hybridized carbons (Fsp3) is 0.909. The Hall–Kier alpha value is -0.770. The van der Waals surface area contributed by atoms with Crippen LogP contribution in [-0.2, 0) is 4.74 Å². The third-order valence-corrected chi connectivity index (χ3v) is 2.57. The van der Waals surface area contributed by atoms with Crippen LogP contribution in [0.25, 0.3) is 0 Å². The molecule has 0 aliphatic rings. The molecule has 15 heavy (non-hydrogen) atoms. The number of hydrogen-bond donors (Lipinski definition) is 0. The standard InChI is InChI=1S/C11H24N2O2/c1-6-13(7-2)11(14)15-9-8-12(5)10(3)4/h10H,6-9H2,1-5H3. The summed E-state index contributed by atoms with van der Waals surface area (Å²) in [7, 11) is 2.02. The van der Waals surface area contributed by atoms with Gasteiger partial charge in [0.15, 0.2) is 0 Å². The predicted octanol–water partition coefficient (Wildman–Crippen LogP) is 1.80. The Morgan fingerprint density at radius 2 is 1.80 bits per heavy atom. The summed E-state index contributed by atoms with van der Waals surface area (Å²) < 4.78 is 5.15. The smallest absolute Gasteiger partial charge is 0.409 e. The molecule has 0 radical (unpaired) electrons. The molecule has 0 saturated carbocycles. The van der Waals surface area contributed by atoms with Gasteiger partial charge in [0.05, 0.1) is 0 Å². The van der Waals surface area contributed by atoms with Crippen LogP contribution < -0.4 is 0 Å². The lowest BCUT2D eigenvalue weighted by molar-refractivity contribution is 0.0931. The molecule has 0 spiro atoms. The zero-order valence-electron chi connectivity index (χ0n) is 10.6. The third-order valence-electron chi connectivity index (χ3n) is 2.57. The van der Waals surface area contributed by atoms with Gasteiger partial charge in [-0.15, -0.1) is 0 Å². The Kier molecular flexibility index (Phi) is 7.13. The average molecular weight is 216 g/mol. The summed E-state index contributed by atoms with van der Waals surface area (Å²) in [5.41, 5.74) is 0. The number of likely N-dealkylation sites (N-methyl/N-ethyl adjacent to an activating group) is 1. The first-order valence-electron chi connectivity index (χ1n) is 5.64. The summed E-state index contributed by atoms with van der Waals surface area (Å²) in [4.78, 5) is 15.3. The lowest BCUT2D eigenvalue weighted by Crippen LogP contribution is -2.35. The highest BCUT2D eigenvalue weighted by atomic mass is 16.6. The fourth-order valence-electron chi connectivity index (χ4n) is 1.11. The lowest BCUT2D eigenvalue weighted by atomic mass is 10.3. The van der Waals surface area contributed by atoms with E-state index in [0.29, 0.717) is 25.7 Å². The molecule has 0 aromatic rings. The first-order chi connectivity index (χ1) is 7.02. The summed E-state index contributed by atoms with van der Waals surface area (Å²) in [5, 5.41) is 0. The van der Waals surface area contributed by atoms with Gasteiger partial charge in [0.25, 0.3) is 0 Å². The zero-order valence-corrected chi connectivity index (χ0v) is 10.6. The van der Waals surface area contributed by atoms with Crippen LogP contribution in [0.15, 0.2) is 0 Å². The maximum Gasteiger partial charge on any atom is 0.409 e. The van der Waals surface area contributed by atoms with E-state index in [2.05, 4.69) is 18.7 Å². The second-order valence-corrected chi connectivity index (χ2v) is 3.86. The molecule has 0 heterocycles. The maximum atomic E-state index is 11.4. The van der Waals surface area contributed by atoms with E-state index in [0.717, 1.165) is 6.54 Å². The lowest BCUT2D eigenvalue weighted by Gasteiger charge is -2.22. The Balaban J connectivity index is 3.71. The minimum atomic E-state index is -0.211. The van der Waals surface area contributed by atoms with Gasteiger partial charge >= 0.3 is 6.09 Å². The minimum absolute atomic E-state index is 0.211. The maximum absolute atomic E-state index is 11.4. The molecule has 0 aromatic carbocycles. The molecule has 4 heteroatoms.